The lowest BCUT2D eigenvalue weighted by molar-refractivity contribution is 0.203. The molecule has 1 aromatic rings. The predicted octanol–water partition coefficient (Wildman–Crippen LogP) is 0.161. The van der Waals surface area contributed by atoms with Crippen LogP contribution in [0.25, 0.3) is 0 Å². The first-order valence-corrected chi connectivity index (χ1v) is 5.81. The summed E-state index contributed by atoms with van der Waals surface area (Å²) in [5.41, 5.74) is 0. The summed E-state index contributed by atoms with van der Waals surface area (Å²) >= 11 is 0. The lowest BCUT2D eigenvalue weighted by atomic mass is 10.3. The number of rotatable bonds is 6. The summed E-state index contributed by atoms with van der Waals surface area (Å²) in [4.78, 5) is 8.78. The van der Waals surface area contributed by atoms with Gasteiger partial charge in [-0.05, 0) is 12.8 Å². The van der Waals surface area contributed by atoms with E-state index in [4.69, 9.17) is 10.2 Å². The van der Waals surface area contributed by atoms with Gasteiger partial charge in [0.1, 0.15) is 17.5 Å². The van der Waals surface area contributed by atoms with Crippen molar-refractivity contribution in [3.05, 3.63) is 11.9 Å². The molecule has 0 unspecified atom stereocenters. The number of nitrogens with one attached hydrogen (secondary N) is 2. The number of hydrogen-bond donors (Lipinski definition) is 4. The molecule has 1 aliphatic carbocycles. The summed E-state index contributed by atoms with van der Waals surface area (Å²) in [6.07, 6.45) is 2.27. The minimum absolute atomic E-state index is 0.131. The topological polar surface area (TPSA) is 90.3 Å². The van der Waals surface area contributed by atoms with E-state index in [1.807, 2.05) is 0 Å². The van der Waals surface area contributed by atoms with E-state index in [1.54, 1.807) is 13.1 Å². The van der Waals surface area contributed by atoms with Gasteiger partial charge in [-0.25, -0.2) is 9.97 Å². The molecule has 1 aliphatic rings. The monoisotopic (exact) mass is 238 g/mol. The van der Waals surface area contributed by atoms with Gasteiger partial charge in [0.2, 0.25) is 0 Å². The van der Waals surface area contributed by atoms with Crippen LogP contribution in [0.15, 0.2) is 6.07 Å². The van der Waals surface area contributed by atoms with Gasteiger partial charge in [0.25, 0.3) is 0 Å². The van der Waals surface area contributed by atoms with Crippen molar-refractivity contribution in [2.75, 3.05) is 30.9 Å². The van der Waals surface area contributed by atoms with Crippen LogP contribution in [0.4, 0.5) is 11.6 Å². The molecule has 6 nitrogen and oxygen atoms in total. The van der Waals surface area contributed by atoms with E-state index in [1.165, 1.54) is 0 Å². The van der Waals surface area contributed by atoms with Crippen LogP contribution in [0.5, 0.6) is 0 Å². The van der Waals surface area contributed by atoms with Gasteiger partial charge in [-0.2, -0.15) is 0 Å². The molecule has 94 valence electrons. The maximum atomic E-state index is 9.02. The second-order valence-electron chi connectivity index (χ2n) is 4.23. The number of aliphatic hydroxyl groups is 2. The van der Waals surface area contributed by atoms with Gasteiger partial charge in [0.05, 0.1) is 19.3 Å². The van der Waals surface area contributed by atoms with E-state index >= 15 is 0 Å². The van der Waals surface area contributed by atoms with Crippen molar-refractivity contribution in [2.45, 2.75) is 24.8 Å². The van der Waals surface area contributed by atoms with Crippen LogP contribution in [0.1, 0.15) is 24.6 Å². The highest BCUT2D eigenvalue weighted by Gasteiger charge is 2.27. The third-order valence-electron chi connectivity index (χ3n) is 2.73. The van der Waals surface area contributed by atoms with Gasteiger partial charge < -0.3 is 20.8 Å². The minimum atomic E-state index is -0.387. The van der Waals surface area contributed by atoms with E-state index in [-0.39, 0.29) is 19.3 Å². The molecule has 1 aromatic heterocycles. The molecule has 0 aliphatic heterocycles. The van der Waals surface area contributed by atoms with Crippen LogP contribution in [-0.4, -0.2) is 46.5 Å². The first kappa shape index (κ1) is 12.1. The summed E-state index contributed by atoms with van der Waals surface area (Å²) in [5.74, 6) is 2.68. The van der Waals surface area contributed by atoms with Crippen LogP contribution >= 0.6 is 0 Å². The second-order valence-corrected chi connectivity index (χ2v) is 4.23. The van der Waals surface area contributed by atoms with Gasteiger partial charge in [-0.3, -0.25) is 0 Å². The van der Waals surface area contributed by atoms with Gasteiger partial charge >= 0.3 is 0 Å². The van der Waals surface area contributed by atoms with Crippen LogP contribution in [-0.2, 0) is 0 Å². The molecule has 0 saturated heterocycles. The van der Waals surface area contributed by atoms with Crippen molar-refractivity contribution in [1.82, 2.24) is 9.97 Å². The van der Waals surface area contributed by atoms with Crippen molar-refractivity contribution in [3.8, 4) is 0 Å². The third kappa shape index (κ3) is 3.04. The maximum Gasteiger partial charge on any atom is 0.136 e. The van der Waals surface area contributed by atoms with Crippen LogP contribution in [0, 0.1) is 0 Å². The molecule has 0 spiro atoms. The first-order chi connectivity index (χ1) is 8.26. The Morgan fingerprint density at radius 2 is 1.94 bits per heavy atom. The summed E-state index contributed by atoms with van der Waals surface area (Å²) in [7, 11) is 1.80. The summed E-state index contributed by atoms with van der Waals surface area (Å²) < 4.78 is 0. The van der Waals surface area contributed by atoms with Crippen LogP contribution in [0.3, 0.4) is 0 Å². The fraction of sp³-hybridized carbons (Fsp3) is 0.636. The molecular formula is C11H18N4O2. The average molecular weight is 238 g/mol. The van der Waals surface area contributed by atoms with Crippen LogP contribution in [0.2, 0.25) is 0 Å². The third-order valence-corrected chi connectivity index (χ3v) is 2.73. The zero-order valence-corrected chi connectivity index (χ0v) is 9.85. The lowest BCUT2D eigenvalue weighted by Crippen LogP contribution is -2.28. The van der Waals surface area contributed by atoms with Crippen molar-refractivity contribution in [2.24, 2.45) is 0 Å². The summed E-state index contributed by atoms with van der Waals surface area (Å²) in [6, 6.07) is 1.38. The SMILES string of the molecule is CNc1cc(NC(CO)CO)nc(C2CC2)n1. The Balaban J connectivity index is 2.16. The van der Waals surface area contributed by atoms with E-state index in [2.05, 4.69) is 20.6 Å². The Morgan fingerprint density at radius 3 is 2.47 bits per heavy atom. The van der Waals surface area contributed by atoms with Gasteiger partial charge in [0, 0.05) is 19.0 Å². The largest absolute Gasteiger partial charge is 0.394 e. The highest BCUT2D eigenvalue weighted by Crippen LogP contribution is 2.38. The molecule has 0 aromatic carbocycles. The van der Waals surface area contributed by atoms with Crippen molar-refractivity contribution >= 4 is 11.6 Å². The van der Waals surface area contributed by atoms with Crippen LogP contribution < -0.4 is 10.6 Å². The molecular weight excluding hydrogens is 220 g/mol. The molecule has 2 rings (SSSR count). The zero-order chi connectivity index (χ0) is 12.3. The van der Waals surface area contributed by atoms with Crippen molar-refractivity contribution in [1.29, 1.82) is 0 Å². The second kappa shape index (κ2) is 5.29. The molecule has 17 heavy (non-hydrogen) atoms. The molecule has 1 heterocycles. The Bertz CT molecular complexity index is 378. The molecule has 0 bridgehead atoms. The minimum Gasteiger partial charge on any atom is -0.394 e. The molecule has 1 fully saturated rings. The van der Waals surface area contributed by atoms with E-state index in [0.29, 0.717) is 11.7 Å². The fourth-order valence-electron chi connectivity index (χ4n) is 1.55. The average Bonchev–Trinajstić information content (AvgIpc) is 3.19. The van der Waals surface area contributed by atoms with Gasteiger partial charge in [-0.1, -0.05) is 0 Å². The quantitative estimate of drug-likeness (QED) is 0.564. The zero-order valence-electron chi connectivity index (χ0n) is 9.85. The standard InChI is InChI=1S/C11H18N4O2/c1-12-9-4-10(13-8(5-16)6-17)15-11(14-9)7-2-3-7/h4,7-8,16-17H,2-3,5-6H2,1H3,(H2,12,13,14,15). The lowest BCUT2D eigenvalue weighted by Gasteiger charge is -2.15. The molecule has 0 atom stereocenters. The van der Waals surface area contributed by atoms with E-state index < -0.39 is 0 Å². The molecule has 0 radical (unpaired) electrons. The number of aliphatic hydroxyl groups excluding tert-OH is 2. The number of nitrogens with zero attached hydrogens (tertiary/aromatic N) is 2. The van der Waals surface area contributed by atoms with Crippen molar-refractivity contribution < 1.29 is 10.2 Å². The molecule has 1 saturated carbocycles. The number of anilines is 2. The number of aromatic nitrogens is 2. The van der Waals surface area contributed by atoms with Crippen molar-refractivity contribution in [3.63, 3.8) is 0 Å². The number of hydrogen-bond acceptors (Lipinski definition) is 6. The van der Waals surface area contributed by atoms with Gasteiger partial charge in [-0.15, -0.1) is 0 Å². The highest BCUT2D eigenvalue weighted by atomic mass is 16.3. The predicted molar refractivity (Wildman–Crippen MR) is 65.1 cm³/mol. The molecule has 0 amide bonds. The summed E-state index contributed by atoms with van der Waals surface area (Å²) in [6.45, 7) is -0.262. The normalized spacial score (nSPS) is 15.1. The highest BCUT2D eigenvalue weighted by molar-refractivity contribution is 5.48. The Hall–Kier alpha value is -1.40. The summed E-state index contributed by atoms with van der Waals surface area (Å²) in [5, 5.41) is 24.0. The van der Waals surface area contributed by atoms with E-state index in [9.17, 15) is 0 Å². The van der Waals surface area contributed by atoms with E-state index in [0.717, 1.165) is 24.5 Å². The Morgan fingerprint density at radius 1 is 1.29 bits per heavy atom. The maximum absolute atomic E-state index is 9.02. The molecule has 4 N–H and O–H groups in total. The molecule has 6 heteroatoms. The fourth-order valence-corrected chi connectivity index (χ4v) is 1.55. The smallest absolute Gasteiger partial charge is 0.136 e. The first-order valence-electron chi connectivity index (χ1n) is 5.81. The van der Waals surface area contributed by atoms with Gasteiger partial charge in [0.15, 0.2) is 0 Å². The Kier molecular flexibility index (Phi) is 3.75. The Labute approximate surface area is 100 Å².